The summed E-state index contributed by atoms with van der Waals surface area (Å²) in [5.41, 5.74) is 6.61. The molecule has 0 saturated heterocycles. The molecule has 0 radical (unpaired) electrons. The van der Waals surface area contributed by atoms with Crippen molar-refractivity contribution >= 4 is 22.9 Å². The van der Waals surface area contributed by atoms with E-state index in [1.54, 1.807) is 7.05 Å². The van der Waals surface area contributed by atoms with Crippen LogP contribution in [-0.4, -0.2) is 50.3 Å². The number of imidazole rings is 1. The number of likely N-dealkylation sites (N-methyl/N-ethyl adjacent to an activating group) is 1. The molecule has 0 aromatic carbocycles. The van der Waals surface area contributed by atoms with Gasteiger partial charge in [-0.2, -0.15) is 4.98 Å². The highest BCUT2D eigenvalue weighted by molar-refractivity contribution is 5.82. The van der Waals surface area contributed by atoms with Crippen LogP contribution in [0.3, 0.4) is 0 Å². The van der Waals surface area contributed by atoms with E-state index in [2.05, 4.69) is 30.3 Å². The summed E-state index contributed by atoms with van der Waals surface area (Å²) < 4.78 is 0. The molecule has 0 bridgehead atoms. The predicted octanol–water partition coefficient (Wildman–Crippen LogP) is -0.142. The monoisotopic (exact) mass is 236 g/mol. The zero-order valence-electron chi connectivity index (χ0n) is 9.20. The summed E-state index contributed by atoms with van der Waals surface area (Å²) in [7, 11) is 1.69. The van der Waals surface area contributed by atoms with Gasteiger partial charge in [-0.1, -0.05) is 10.3 Å². The van der Waals surface area contributed by atoms with Crippen molar-refractivity contribution in [3.05, 3.63) is 6.33 Å². The maximum atomic E-state index is 8.68. The second kappa shape index (κ2) is 4.70. The highest BCUT2D eigenvalue weighted by Crippen LogP contribution is 2.17. The number of H-pyrrole nitrogens is 1. The fraction of sp³-hybridized carbons (Fsp3) is 0.375. The van der Waals surface area contributed by atoms with E-state index in [0.717, 1.165) is 0 Å². The van der Waals surface area contributed by atoms with Crippen molar-refractivity contribution in [2.24, 2.45) is 10.3 Å². The summed E-state index contributed by atoms with van der Waals surface area (Å²) in [5.74, 6) is 0.602. The van der Waals surface area contributed by atoms with Crippen LogP contribution >= 0.6 is 0 Å². The number of nitrogens with two attached hydrogens (primary N) is 1. The Kier molecular flexibility index (Phi) is 3.10. The summed E-state index contributed by atoms with van der Waals surface area (Å²) >= 11 is 0. The van der Waals surface area contributed by atoms with Gasteiger partial charge in [0.15, 0.2) is 11.5 Å². The number of aliphatic hydroxyl groups is 1. The van der Waals surface area contributed by atoms with Gasteiger partial charge in [-0.3, -0.25) is 5.01 Å². The van der Waals surface area contributed by atoms with Crippen molar-refractivity contribution in [2.45, 2.75) is 0 Å². The minimum atomic E-state index is 0.00801. The summed E-state index contributed by atoms with van der Waals surface area (Å²) in [5, 5.41) is 17.8. The molecule has 4 N–H and O–H groups in total. The Balaban J connectivity index is 2.22. The van der Waals surface area contributed by atoms with Crippen molar-refractivity contribution < 1.29 is 5.11 Å². The second-order valence-electron chi connectivity index (χ2n) is 3.31. The number of aromatic amines is 1. The van der Waals surface area contributed by atoms with Crippen LogP contribution in [0.5, 0.6) is 0 Å². The number of nitrogens with zero attached hydrogens (tertiary/aromatic N) is 6. The Hall–Kier alpha value is -2.29. The zero-order chi connectivity index (χ0) is 12.3. The quantitative estimate of drug-likeness (QED) is 0.500. The van der Waals surface area contributed by atoms with Crippen molar-refractivity contribution in [2.75, 3.05) is 25.9 Å². The number of hydrogen-bond acceptors (Lipinski definition) is 7. The Morgan fingerprint density at radius 2 is 2.35 bits per heavy atom. The minimum absolute atomic E-state index is 0.00801. The van der Waals surface area contributed by atoms with Gasteiger partial charge in [0.05, 0.1) is 13.2 Å². The van der Waals surface area contributed by atoms with E-state index in [9.17, 15) is 0 Å². The van der Waals surface area contributed by atoms with Crippen LogP contribution in [0.1, 0.15) is 0 Å². The van der Waals surface area contributed by atoms with Gasteiger partial charge < -0.3 is 15.8 Å². The van der Waals surface area contributed by atoms with E-state index in [0.29, 0.717) is 23.5 Å². The lowest BCUT2D eigenvalue weighted by molar-refractivity contribution is 0.219. The lowest BCUT2D eigenvalue weighted by atomic mass is 10.5. The summed E-state index contributed by atoms with van der Waals surface area (Å²) in [4.78, 5) is 14.7. The van der Waals surface area contributed by atoms with Gasteiger partial charge in [-0.05, 0) is 0 Å². The number of fused-ring (bicyclic) bond motifs is 1. The average molecular weight is 236 g/mol. The van der Waals surface area contributed by atoms with Crippen molar-refractivity contribution in [1.29, 1.82) is 0 Å². The topological polar surface area (TPSA) is 129 Å². The molecule has 2 aromatic rings. The standard InChI is InChI=1S/C8H12N8O/c1-16(2-3-17)15-14-8-12-5-6(9)10-4-11-7(5)13-8/h4,17H,2-3H2,1H3,(H3,9,10,11,12,13)/b15-14+. The molecular weight excluding hydrogens is 224 g/mol. The Morgan fingerprint density at radius 3 is 3.06 bits per heavy atom. The largest absolute Gasteiger partial charge is 0.394 e. The highest BCUT2D eigenvalue weighted by Gasteiger charge is 2.06. The van der Waals surface area contributed by atoms with Crippen LogP contribution in [0.25, 0.3) is 11.2 Å². The minimum Gasteiger partial charge on any atom is -0.394 e. The first-order chi connectivity index (χ1) is 8.20. The molecule has 0 unspecified atom stereocenters. The van der Waals surface area contributed by atoms with Gasteiger partial charge in [0.25, 0.3) is 5.95 Å². The first-order valence-corrected chi connectivity index (χ1v) is 4.90. The number of aliphatic hydroxyl groups excluding tert-OH is 1. The highest BCUT2D eigenvalue weighted by atomic mass is 16.3. The first kappa shape index (κ1) is 11.2. The van der Waals surface area contributed by atoms with Gasteiger partial charge in [0.1, 0.15) is 11.8 Å². The Labute approximate surface area is 96.4 Å². The maximum absolute atomic E-state index is 8.68. The van der Waals surface area contributed by atoms with E-state index in [4.69, 9.17) is 10.8 Å². The average Bonchev–Trinajstić information content (AvgIpc) is 2.71. The molecule has 2 heterocycles. The molecule has 90 valence electrons. The summed E-state index contributed by atoms with van der Waals surface area (Å²) in [6.45, 7) is 0.403. The van der Waals surface area contributed by atoms with Crippen LogP contribution in [0.15, 0.2) is 16.7 Å². The zero-order valence-corrected chi connectivity index (χ0v) is 9.20. The van der Waals surface area contributed by atoms with Gasteiger partial charge in [-0.25, -0.2) is 9.97 Å². The van der Waals surface area contributed by atoms with Crippen LogP contribution in [-0.2, 0) is 0 Å². The van der Waals surface area contributed by atoms with E-state index < -0.39 is 0 Å². The number of aromatic nitrogens is 4. The number of anilines is 1. The molecule has 0 aliphatic rings. The fourth-order valence-electron chi connectivity index (χ4n) is 1.19. The fourth-order valence-corrected chi connectivity index (χ4v) is 1.19. The molecule has 0 aliphatic carbocycles. The van der Waals surface area contributed by atoms with Crippen molar-refractivity contribution in [1.82, 2.24) is 24.9 Å². The SMILES string of the molecule is CN(CCO)/N=N/c1nc2ncnc(N)c2[nH]1. The number of nitrogens with one attached hydrogen (secondary N) is 1. The van der Waals surface area contributed by atoms with E-state index >= 15 is 0 Å². The summed E-state index contributed by atoms with van der Waals surface area (Å²) in [6, 6.07) is 0. The molecule has 0 amide bonds. The second-order valence-corrected chi connectivity index (χ2v) is 3.31. The molecule has 9 nitrogen and oxygen atoms in total. The van der Waals surface area contributed by atoms with Crippen molar-refractivity contribution in [3.63, 3.8) is 0 Å². The van der Waals surface area contributed by atoms with E-state index in [1.165, 1.54) is 11.3 Å². The molecule has 2 rings (SSSR count). The van der Waals surface area contributed by atoms with Crippen LogP contribution in [0.4, 0.5) is 11.8 Å². The number of rotatable bonds is 4. The molecule has 0 fully saturated rings. The number of hydrogen-bond donors (Lipinski definition) is 3. The maximum Gasteiger partial charge on any atom is 0.251 e. The first-order valence-electron chi connectivity index (χ1n) is 4.90. The summed E-state index contributed by atoms with van der Waals surface area (Å²) in [6.07, 6.45) is 1.33. The third-order valence-electron chi connectivity index (χ3n) is 2.02. The lowest BCUT2D eigenvalue weighted by Gasteiger charge is -2.06. The third-order valence-corrected chi connectivity index (χ3v) is 2.02. The predicted molar refractivity (Wildman–Crippen MR) is 60.3 cm³/mol. The van der Waals surface area contributed by atoms with Crippen LogP contribution in [0.2, 0.25) is 0 Å². The van der Waals surface area contributed by atoms with Gasteiger partial charge in [0.2, 0.25) is 0 Å². The Bertz CT molecular complexity index is 535. The van der Waals surface area contributed by atoms with Crippen LogP contribution in [0, 0.1) is 0 Å². The molecule has 0 aliphatic heterocycles. The van der Waals surface area contributed by atoms with Gasteiger partial charge in [0, 0.05) is 7.05 Å². The normalized spacial score (nSPS) is 11.4. The molecular formula is C8H12N8O. The molecule has 0 atom stereocenters. The lowest BCUT2D eigenvalue weighted by Crippen LogP contribution is -2.14. The third kappa shape index (κ3) is 2.45. The molecule has 0 saturated carbocycles. The van der Waals surface area contributed by atoms with Crippen molar-refractivity contribution in [3.8, 4) is 0 Å². The molecule has 9 heteroatoms. The molecule has 0 spiro atoms. The van der Waals surface area contributed by atoms with Gasteiger partial charge >= 0.3 is 0 Å². The van der Waals surface area contributed by atoms with Gasteiger partial charge in [-0.15, -0.1) is 0 Å². The van der Waals surface area contributed by atoms with E-state index in [-0.39, 0.29) is 12.6 Å². The molecule has 17 heavy (non-hydrogen) atoms. The van der Waals surface area contributed by atoms with Crippen LogP contribution < -0.4 is 5.73 Å². The smallest absolute Gasteiger partial charge is 0.251 e. The van der Waals surface area contributed by atoms with E-state index in [1.807, 2.05) is 0 Å². The Morgan fingerprint density at radius 1 is 1.53 bits per heavy atom. The number of nitrogen functional groups attached to an aromatic ring is 1. The molecule has 2 aromatic heterocycles.